The van der Waals surface area contributed by atoms with Gasteiger partial charge < -0.3 is 19.8 Å². The molecule has 1 atom stereocenters. The minimum atomic E-state index is -0.138. The molecule has 7 nitrogen and oxygen atoms in total. The van der Waals surface area contributed by atoms with Crippen LogP contribution in [0.2, 0.25) is 0 Å². The summed E-state index contributed by atoms with van der Waals surface area (Å²) in [7, 11) is 0. The highest BCUT2D eigenvalue weighted by atomic mass is 32.2. The molecule has 0 fully saturated rings. The fraction of sp³-hybridized carbons (Fsp3) is 0.435. The van der Waals surface area contributed by atoms with Gasteiger partial charge in [0.2, 0.25) is 5.91 Å². The van der Waals surface area contributed by atoms with E-state index in [9.17, 15) is 9.59 Å². The van der Waals surface area contributed by atoms with Crippen LogP contribution in [0.4, 0.5) is 5.69 Å². The number of carbonyl (C=O) groups is 1. The molecule has 2 N–H and O–H groups in total. The Morgan fingerprint density at radius 3 is 3.12 bits per heavy atom. The summed E-state index contributed by atoms with van der Waals surface area (Å²) in [5, 5.41) is 3.69. The summed E-state index contributed by atoms with van der Waals surface area (Å²) in [4.78, 5) is 34.8. The SMILES string of the molecule is CCOc1cc2c(cc1NC(=O)CSCc1nc3sc4c(c3c(=O)[nH]1)CCC4)OC(C)C2. The number of nitrogens with zero attached hydrogens (tertiary/aromatic N) is 1. The van der Waals surface area contributed by atoms with E-state index in [1.54, 1.807) is 11.3 Å². The third-order valence-corrected chi connectivity index (χ3v) is 7.80. The minimum absolute atomic E-state index is 0.0665. The fourth-order valence-corrected chi connectivity index (χ4v) is 6.32. The van der Waals surface area contributed by atoms with Gasteiger partial charge in [-0.1, -0.05) is 0 Å². The zero-order valence-electron chi connectivity index (χ0n) is 18.1. The van der Waals surface area contributed by atoms with Crippen LogP contribution in [0.5, 0.6) is 11.5 Å². The lowest BCUT2D eigenvalue weighted by atomic mass is 10.1. The van der Waals surface area contributed by atoms with Crippen molar-refractivity contribution in [1.82, 2.24) is 9.97 Å². The smallest absolute Gasteiger partial charge is 0.259 e. The van der Waals surface area contributed by atoms with Gasteiger partial charge in [-0.25, -0.2) is 4.98 Å². The Balaban J connectivity index is 1.23. The second-order valence-electron chi connectivity index (χ2n) is 8.11. The lowest BCUT2D eigenvalue weighted by Gasteiger charge is -2.13. The third-order valence-electron chi connectivity index (χ3n) is 5.67. The first-order valence-electron chi connectivity index (χ1n) is 10.9. The largest absolute Gasteiger partial charge is 0.492 e. The number of amides is 1. The van der Waals surface area contributed by atoms with Crippen molar-refractivity contribution in [1.29, 1.82) is 0 Å². The number of thioether (sulfide) groups is 1. The molecule has 0 spiro atoms. The van der Waals surface area contributed by atoms with E-state index >= 15 is 0 Å². The van der Waals surface area contributed by atoms with E-state index in [2.05, 4.69) is 15.3 Å². The van der Waals surface area contributed by atoms with E-state index in [0.29, 0.717) is 29.6 Å². The van der Waals surface area contributed by atoms with Crippen LogP contribution in [0.3, 0.4) is 0 Å². The van der Waals surface area contributed by atoms with Crippen LogP contribution in [0.1, 0.15) is 42.1 Å². The molecule has 3 aromatic rings. The van der Waals surface area contributed by atoms with E-state index in [0.717, 1.165) is 47.2 Å². The van der Waals surface area contributed by atoms with E-state index in [1.807, 2.05) is 26.0 Å². The lowest BCUT2D eigenvalue weighted by Crippen LogP contribution is -2.16. The number of nitrogens with one attached hydrogen (secondary N) is 2. The first-order valence-corrected chi connectivity index (χ1v) is 12.9. The number of benzene rings is 1. The summed E-state index contributed by atoms with van der Waals surface area (Å²) in [5.74, 6) is 2.62. The number of hydrogen-bond acceptors (Lipinski definition) is 7. The second-order valence-corrected chi connectivity index (χ2v) is 10.2. The zero-order valence-corrected chi connectivity index (χ0v) is 19.7. The molecular weight excluding hydrogens is 446 g/mol. The van der Waals surface area contributed by atoms with Gasteiger partial charge in [-0.15, -0.1) is 23.1 Å². The number of thiophene rings is 1. The van der Waals surface area contributed by atoms with Crippen molar-refractivity contribution in [3.05, 3.63) is 44.3 Å². The third kappa shape index (κ3) is 4.11. The molecular formula is C23H25N3O4S2. The quantitative estimate of drug-likeness (QED) is 0.540. The van der Waals surface area contributed by atoms with E-state index in [4.69, 9.17) is 9.47 Å². The van der Waals surface area contributed by atoms with Crippen LogP contribution in [0, 0.1) is 0 Å². The van der Waals surface area contributed by atoms with Crippen molar-refractivity contribution in [3.63, 3.8) is 0 Å². The Labute approximate surface area is 193 Å². The molecule has 1 unspecified atom stereocenters. The van der Waals surface area contributed by atoms with Crippen molar-refractivity contribution in [2.24, 2.45) is 0 Å². The van der Waals surface area contributed by atoms with Gasteiger partial charge in [0, 0.05) is 22.9 Å². The highest BCUT2D eigenvalue weighted by molar-refractivity contribution is 7.99. The maximum atomic E-state index is 12.6. The zero-order chi connectivity index (χ0) is 22.2. The molecule has 3 heterocycles. The number of anilines is 1. The van der Waals surface area contributed by atoms with Gasteiger partial charge in [0.05, 0.1) is 29.2 Å². The maximum absolute atomic E-state index is 12.6. The van der Waals surface area contributed by atoms with Gasteiger partial charge in [0.25, 0.3) is 5.56 Å². The number of H-pyrrole nitrogens is 1. The molecule has 2 aromatic heterocycles. The molecule has 0 saturated heterocycles. The maximum Gasteiger partial charge on any atom is 0.259 e. The molecule has 0 bridgehead atoms. The van der Waals surface area contributed by atoms with Gasteiger partial charge in [-0.05, 0) is 44.7 Å². The number of aromatic nitrogens is 2. The number of carbonyl (C=O) groups excluding carboxylic acids is 1. The van der Waals surface area contributed by atoms with Gasteiger partial charge in [0.15, 0.2) is 0 Å². The molecule has 0 saturated carbocycles. The average Bonchev–Trinajstić information content (AvgIpc) is 3.41. The molecule has 32 heavy (non-hydrogen) atoms. The van der Waals surface area contributed by atoms with Crippen molar-refractivity contribution in [2.45, 2.75) is 51.4 Å². The topological polar surface area (TPSA) is 93.3 Å². The van der Waals surface area contributed by atoms with Crippen molar-refractivity contribution < 1.29 is 14.3 Å². The van der Waals surface area contributed by atoms with Crippen LogP contribution in [0.15, 0.2) is 16.9 Å². The van der Waals surface area contributed by atoms with Crippen LogP contribution in [-0.4, -0.2) is 34.3 Å². The Hall–Kier alpha value is -2.52. The van der Waals surface area contributed by atoms with Gasteiger partial charge in [0.1, 0.15) is 28.3 Å². The Morgan fingerprint density at radius 2 is 2.28 bits per heavy atom. The molecule has 2 aliphatic rings. The van der Waals surface area contributed by atoms with Crippen molar-refractivity contribution in [3.8, 4) is 11.5 Å². The van der Waals surface area contributed by atoms with E-state index in [1.165, 1.54) is 22.2 Å². The van der Waals surface area contributed by atoms with Crippen LogP contribution < -0.4 is 20.3 Å². The Bertz CT molecular complexity index is 1250. The molecule has 9 heteroatoms. The van der Waals surface area contributed by atoms with Gasteiger partial charge >= 0.3 is 0 Å². The number of aromatic amines is 1. The Kier molecular flexibility index (Phi) is 5.86. The normalized spacial score (nSPS) is 16.6. The lowest BCUT2D eigenvalue weighted by molar-refractivity contribution is -0.113. The van der Waals surface area contributed by atoms with Gasteiger partial charge in [-0.2, -0.15) is 0 Å². The predicted molar refractivity (Wildman–Crippen MR) is 128 cm³/mol. The first kappa shape index (κ1) is 21.3. The van der Waals surface area contributed by atoms with Gasteiger partial charge in [-0.3, -0.25) is 9.59 Å². The van der Waals surface area contributed by atoms with Crippen LogP contribution in [-0.2, 0) is 29.8 Å². The molecule has 168 valence electrons. The number of fused-ring (bicyclic) bond motifs is 4. The average molecular weight is 472 g/mol. The molecule has 0 radical (unpaired) electrons. The summed E-state index contributed by atoms with van der Waals surface area (Å²) in [5.41, 5.74) is 2.82. The van der Waals surface area contributed by atoms with Crippen molar-refractivity contribution in [2.75, 3.05) is 17.7 Å². The molecule has 5 rings (SSSR count). The molecule has 1 aliphatic heterocycles. The van der Waals surface area contributed by atoms with E-state index in [-0.39, 0.29) is 23.3 Å². The summed E-state index contributed by atoms with van der Waals surface area (Å²) < 4.78 is 11.5. The summed E-state index contributed by atoms with van der Waals surface area (Å²) >= 11 is 3.04. The monoisotopic (exact) mass is 471 g/mol. The highest BCUT2D eigenvalue weighted by Gasteiger charge is 2.23. The summed E-state index contributed by atoms with van der Waals surface area (Å²) in [6, 6.07) is 3.79. The van der Waals surface area contributed by atoms with Crippen molar-refractivity contribution >= 4 is 44.9 Å². The van der Waals surface area contributed by atoms with Crippen LogP contribution >= 0.6 is 23.1 Å². The predicted octanol–water partition coefficient (Wildman–Crippen LogP) is 4.07. The molecule has 1 aromatic carbocycles. The fourth-order valence-electron chi connectivity index (χ4n) is 4.35. The minimum Gasteiger partial charge on any atom is -0.492 e. The number of rotatable bonds is 7. The number of hydrogen-bond donors (Lipinski definition) is 2. The number of aryl methyl sites for hydroxylation is 2. The number of ether oxygens (including phenoxy) is 2. The standard InChI is InChI=1S/C23H25N3O4S2/c1-3-29-17-8-13-7-12(2)30-16(13)9-15(17)24-20(27)11-31-10-19-25-22(28)21-14-5-4-6-18(14)32-23(21)26-19/h8-9,12H,3-7,10-11H2,1-2H3,(H,24,27)(H,25,26,28). The van der Waals surface area contributed by atoms with Crippen LogP contribution in [0.25, 0.3) is 10.2 Å². The summed E-state index contributed by atoms with van der Waals surface area (Å²) in [6.07, 6.45) is 4.07. The first-order chi connectivity index (χ1) is 15.5. The van der Waals surface area contributed by atoms with E-state index < -0.39 is 0 Å². The second kappa shape index (κ2) is 8.78. The Morgan fingerprint density at radius 1 is 1.41 bits per heavy atom. The highest BCUT2D eigenvalue weighted by Crippen LogP contribution is 2.38. The molecule has 1 amide bonds. The molecule has 1 aliphatic carbocycles. The summed E-state index contributed by atoms with van der Waals surface area (Å²) in [6.45, 7) is 4.45.